The molecule has 60 valence electrons. The number of rotatable bonds is 1. The minimum absolute atomic E-state index is 0. The van der Waals surface area contributed by atoms with E-state index in [0.717, 1.165) is 0 Å². The van der Waals surface area contributed by atoms with Crippen molar-refractivity contribution in [1.82, 2.24) is 0 Å². The van der Waals surface area contributed by atoms with Gasteiger partial charge in [0.1, 0.15) is 0 Å². The van der Waals surface area contributed by atoms with Crippen molar-refractivity contribution in [2.75, 3.05) is 0 Å². The average Bonchev–Trinajstić information content (AvgIpc) is 2.13. The molecule has 1 aliphatic rings. The maximum Gasteiger partial charge on any atom is 2.00 e. The number of hydrogen-bond donors (Lipinski definition) is 1. The van der Waals surface area contributed by atoms with Crippen LogP contribution in [0.5, 0.6) is 0 Å². The number of esters is 1. The molecule has 0 amide bonds. The summed E-state index contributed by atoms with van der Waals surface area (Å²) in [5.41, 5.74) is 0. The number of cyclic esters (lactones) is 1. The Bertz CT molecular complexity index is 176. The van der Waals surface area contributed by atoms with Gasteiger partial charge in [0.25, 0.3) is 6.29 Å². The van der Waals surface area contributed by atoms with Gasteiger partial charge in [-0.15, -0.1) is 0 Å². The van der Waals surface area contributed by atoms with Crippen LogP contribution in [0.25, 0.3) is 0 Å². The molecule has 0 radical (unpaired) electrons. The third-order valence-electron chi connectivity index (χ3n) is 1.08. The molecule has 1 rings (SSSR count). The first kappa shape index (κ1) is 11.0. The third kappa shape index (κ3) is 3.79. The number of ether oxygens (including phenoxy) is 2. The summed E-state index contributed by atoms with van der Waals surface area (Å²) in [5.74, 6) is -0.411. The van der Waals surface area contributed by atoms with Gasteiger partial charge in [-0.05, 0) is 0 Å². The molecule has 5 nitrogen and oxygen atoms in total. The summed E-state index contributed by atoms with van der Waals surface area (Å²) in [4.78, 5) is 20.2. The van der Waals surface area contributed by atoms with Crippen LogP contribution in [0.4, 0.5) is 4.79 Å². The molecule has 0 aliphatic carbocycles. The Morgan fingerprint density at radius 1 is 1.82 bits per heavy atom. The van der Waals surface area contributed by atoms with Gasteiger partial charge in [-0.25, -0.2) is 4.79 Å². The van der Waals surface area contributed by atoms with Gasteiger partial charge in [0, 0.05) is 6.42 Å². The Morgan fingerprint density at radius 3 is 2.82 bits per heavy atom. The van der Waals surface area contributed by atoms with E-state index in [2.05, 4.69) is 9.47 Å². The Hall–Kier alpha value is -0.000260. The molecule has 1 aliphatic heterocycles. The predicted octanol–water partition coefficient (Wildman–Crippen LogP) is 0.188. The predicted molar refractivity (Wildman–Crippen MR) is 36.2 cm³/mol. The monoisotopic (exact) mass is 188 g/mol. The average molecular weight is 188 g/mol. The van der Waals surface area contributed by atoms with E-state index in [1.807, 2.05) is 0 Å². The molecule has 0 saturated carbocycles. The molecule has 0 aromatic carbocycles. The summed E-state index contributed by atoms with van der Waals surface area (Å²) in [6.45, 7) is 0. The summed E-state index contributed by atoms with van der Waals surface area (Å²) in [6.07, 6.45) is -1.74. The molecule has 0 spiro atoms. The van der Waals surface area contributed by atoms with Crippen LogP contribution < -0.4 is 0 Å². The van der Waals surface area contributed by atoms with Crippen LogP contribution in [0.15, 0.2) is 0 Å². The standard InChI is InChI=1S/C5H6O5.Ca.2H/c6-3-1-2-4(9-3)10-5(7)8;;;/h4H,1-2H2,(H,7,8);;;/q;+2;2*-1. The SMILES string of the molecule is O=C(O)OC1CCC(=O)O1.[Ca+2].[H-].[H-]. The van der Waals surface area contributed by atoms with Gasteiger partial charge >= 0.3 is 49.9 Å². The maximum atomic E-state index is 10.3. The van der Waals surface area contributed by atoms with E-state index in [1.165, 1.54) is 0 Å². The van der Waals surface area contributed by atoms with Crippen LogP contribution in [0, 0.1) is 0 Å². The summed E-state index contributed by atoms with van der Waals surface area (Å²) < 4.78 is 8.59. The molecule has 11 heavy (non-hydrogen) atoms. The summed E-state index contributed by atoms with van der Waals surface area (Å²) in [5, 5.41) is 8.05. The third-order valence-corrected chi connectivity index (χ3v) is 1.08. The normalized spacial score (nSPS) is 21.8. The number of carbonyl (C=O) groups is 2. The van der Waals surface area contributed by atoms with Crippen molar-refractivity contribution in [3.8, 4) is 0 Å². The molecule has 0 aromatic heterocycles. The van der Waals surface area contributed by atoms with E-state index in [9.17, 15) is 9.59 Å². The Balaban J connectivity index is -0.000000333. The molecule has 1 saturated heterocycles. The van der Waals surface area contributed by atoms with Gasteiger partial charge in [0.15, 0.2) is 0 Å². The molecule has 6 heteroatoms. The van der Waals surface area contributed by atoms with Gasteiger partial charge in [0.2, 0.25) is 0 Å². The van der Waals surface area contributed by atoms with Gasteiger partial charge in [-0.2, -0.15) is 0 Å². The minimum atomic E-state index is -1.42. The van der Waals surface area contributed by atoms with Crippen molar-refractivity contribution in [2.24, 2.45) is 0 Å². The summed E-state index contributed by atoms with van der Waals surface area (Å²) >= 11 is 0. The van der Waals surface area contributed by atoms with Crippen LogP contribution >= 0.6 is 0 Å². The fourth-order valence-corrected chi connectivity index (χ4v) is 0.696. The van der Waals surface area contributed by atoms with E-state index >= 15 is 0 Å². The molecule has 1 fully saturated rings. The summed E-state index contributed by atoms with van der Waals surface area (Å²) in [6, 6.07) is 0. The van der Waals surface area contributed by atoms with E-state index in [-0.39, 0.29) is 47.0 Å². The second-order valence-corrected chi connectivity index (χ2v) is 1.84. The first-order valence-corrected chi connectivity index (χ1v) is 2.77. The van der Waals surface area contributed by atoms with Crippen LogP contribution in [-0.4, -0.2) is 61.3 Å². The second kappa shape index (κ2) is 4.79. The van der Waals surface area contributed by atoms with Crippen LogP contribution in [0.2, 0.25) is 0 Å². The Labute approximate surface area is 95.6 Å². The molecular weight excluding hydrogens is 180 g/mol. The quantitative estimate of drug-likeness (QED) is 0.469. The molecule has 1 heterocycles. The van der Waals surface area contributed by atoms with Crippen molar-refractivity contribution >= 4 is 49.9 Å². The number of carbonyl (C=O) groups excluding carboxylic acids is 1. The van der Waals surface area contributed by atoms with Gasteiger partial charge in [0.05, 0.1) is 6.42 Å². The van der Waals surface area contributed by atoms with Gasteiger partial charge < -0.3 is 17.4 Å². The van der Waals surface area contributed by atoms with Gasteiger partial charge in [-0.3, -0.25) is 4.79 Å². The van der Waals surface area contributed by atoms with Crippen molar-refractivity contribution in [2.45, 2.75) is 19.1 Å². The van der Waals surface area contributed by atoms with E-state index in [4.69, 9.17) is 5.11 Å². The topological polar surface area (TPSA) is 72.8 Å². The first-order chi connectivity index (χ1) is 4.68. The van der Waals surface area contributed by atoms with Gasteiger partial charge in [-0.1, -0.05) is 0 Å². The molecule has 0 aromatic rings. The Kier molecular flexibility index (Phi) is 4.79. The minimum Gasteiger partial charge on any atom is -1.00 e. The Morgan fingerprint density at radius 2 is 2.45 bits per heavy atom. The smallest absolute Gasteiger partial charge is 1.00 e. The van der Waals surface area contributed by atoms with Crippen molar-refractivity contribution in [1.29, 1.82) is 0 Å². The van der Waals surface area contributed by atoms with Crippen LogP contribution in [0.1, 0.15) is 15.7 Å². The molecular formula is C5H8CaO5. The molecule has 1 N–H and O–H groups in total. The van der Waals surface area contributed by atoms with Crippen LogP contribution in [0.3, 0.4) is 0 Å². The fourth-order valence-electron chi connectivity index (χ4n) is 0.696. The molecule has 1 unspecified atom stereocenters. The number of hydrogen-bond acceptors (Lipinski definition) is 4. The summed E-state index contributed by atoms with van der Waals surface area (Å²) in [7, 11) is 0. The zero-order valence-corrected chi connectivity index (χ0v) is 7.99. The largest absolute Gasteiger partial charge is 2.00 e. The van der Waals surface area contributed by atoms with Crippen molar-refractivity contribution in [3.63, 3.8) is 0 Å². The zero-order chi connectivity index (χ0) is 7.56. The first-order valence-electron chi connectivity index (χ1n) is 2.77. The van der Waals surface area contributed by atoms with Crippen molar-refractivity contribution < 1.29 is 27.0 Å². The molecule has 1 atom stereocenters. The van der Waals surface area contributed by atoms with E-state index < -0.39 is 18.4 Å². The second-order valence-electron chi connectivity index (χ2n) is 1.84. The molecule has 0 bridgehead atoms. The van der Waals surface area contributed by atoms with E-state index in [1.54, 1.807) is 0 Å². The fraction of sp³-hybridized carbons (Fsp3) is 0.600. The maximum absolute atomic E-state index is 10.3. The van der Waals surface area contributed by atoms with Crippen molar-refractivity contribution in [3.05, 3.63) is 0 Å². The zero-order valence-electron chi connectivity index (χ0n) is 7.78. The van der Waals surface area contributed by atoms with E-state index in [0.29, 0.717) is 6.42 Å². The number of carboxylic acid groups (broad SMARTS) is 1. The van der Waals surface area contributed by atoms with Crippen LogP contribution in [-0.2, 0) is 14.3 Å².